The maximum Gasteiger partial charge on any atom is 0.263 e. The molecule has 1 amide bonds. The van der Waals surface area contributed by atoms with Gasteiger partial charge in [0.25, 0.3) is 5.91 Å². The number of carbonyl (C=O) groups excluding carboxylic acids is 1. The monoisotopic (exact) mass is 272 g/mol. The van der Waals surface area contributed by atoms with Crippen molar-refractivity contribution in [1.29, 1.82) is 0 Å². The predicted octanol–water partition coefficient (Wildman–Crippen LogP) is 1.90. The van der Waals surface area contributed by atoms with Crippen molar-refractivity contribution in [3.63, 3.8) is 0 Å². The largest absolute Gasteiger partial charge is 0.376 e. The Hall–Kier alpha value is -0.650. The molecular weight excluding hydrogens is 244 g/mol. The molecule has 5 heteroatoms. The fourth-order valence-electron chi connectivity index (χ4n) is 2.33. The molecule has 5 nitrogen and oxygen atoms in total. The minimum Gasteiger partial charge on any atom is -0.376 e. The van der Waals surface area contributed by atoms with E-state index in [1.165, 1.54) is 25.7 Å². The standard InChI is InChI=1S/C14H28N2O3/c1-3-4-5-6-7-11(2)18-10-12-8-9-13(19-12)14(17)16-15/h11-13H,3-10,15H2,1-2H3,(H,16,17). The number of hydrogen-bond acceptors (Lipinski definition) is 4. The van der Waals surface area contributed by atoms with Gasteiger partial charge in [0.1, 0.15) is 6.10 Å². The molecule has 0 bridgehead atoms. The molecule has 0 aliphatic carbocycles. The average molecular weight is 272 g/mol. The molecular formula is C14H28N2O3. The first-order chi connectivity index (χ1) is 9.17. The first kappa shape index (κ1) is 16.4. The van der Waals surface area contributed by atoms with Gasteiger partial charge in [-0.25, -0.2) is 5.84 Å². The fraction of sp³-hybridized carbons (Fsp3) is 0.929. The van der Waals surface area contributed by atoms with Crippen molar-refractivity contribution >= 4 is 5.91 Å². The Morgan fingerprint density at radius 3 is 2.89 bits per heavy atom. The third-order valence-corrected chi connectivity index (χ3v) is 3.57. The SMILES string of the molecule is CCCCCCC(C)OCC1CCC(C(=O)NN)O1. The number of rotatable bonds is 9. The zero-order valence-corrected chi connectivity index (χ0v) is 12.2. The first-order valence-electron chi connectivity index (χ1n) is 7.44. The van der Waals surface area contributed by atoms with Crippen LogP contribution in [-0.2, 0) is 14.3 Å². The summed E-state index contributed by atoms with van der Waals surface area (Å²) in [6.45, 7) is 4.89. The van der Waals surface area contributed by atoms with E-state index in [1.807, 2.05) is 0 Å². The molecule has 0 radical (unpaired) electrons. The van der Waals surface area contributed by atoms with Gasteiger partial charge in [-0.3, -0.25) is 10.2 Å². The van der Waals surface area contributed by atoms with Gasteiger partial charge in [-0.15, -0.1) is 0 Å². The number of nitrogens with one attached hydrogen (secondary N) is 1. The summed E-state index contributed by atoms with van der Waals surface area (Å²) in [4.78, 5) is 11.3. The highest BCUT2D eigenvalue weighted by molar-refractivity contribution is 5.80. The lowest BCUT2D eigenvalue weighted by Crippen LogP contribution is -2.39. The summed E-state index contributed by atoms with van der Waals surface area (Å²) in [5.74, 6) is 4.85. The van der Waals surface area contributed by atoms with Gasteiger partial charge < -0.3 is 9.47 Å². The van der Waals surface area contributed by atoms with Crippen LogP contribution in [0.15, 0.2) is 0 Å². The zero-order chi connectivity index (χ0) is 14.1. The summed E-state index contributed by atoms with van der Waals surface area (Å²) in [5.41, 5.74) is 2.13. The van der Waals surface area contributed by atoms with E-state index in [4.69, 9.17) is 15.3 Å². The van der Waals surface area contributed by atoms with Crippen LogP contribution in [-0.4, -0.2) is 30.8 Å². The molecule has 3 N–H and O–H groups in total. The van der Waals surface area contributed by atoms with Gasteiger partial charge in [0.2, 0.25) is 0 Å². The van der Waals surface area contributed by atoms with Crippen LogP contribution in [0.2, 0.25) is 0 Å². The van der Waals surface area contributed by atoms with Crippen LogP contribution in [0.3, 0.4) is 0 Å². The van der Waals surface area contributed by atoms with E-state index in [0.717, 1.165) is 19.3 Å². The van der Waals surface area contributed by atoms with Crippen molar-refractivity contribution in [2.24, 2.45) is 5.84 Å². The van der Waals surface area contributed by atoms with Crippen molar-refractivity contribution in [3.8, 4) is 0 Å². The maximum atomic E-state index is 11.3. The number of amides is 1. The van der Waals surface area contributed by atoms with Crippen LogP contribution < -0.4 is 11.3 Å². The van der Waals surface area contributed by atoms with Gasteiger partial charge in [-0.1, -0.05) is 32.6 Å². The number of carbonyl (C=O) groups is 1. The summed E-state index contributed by atoms with van der Waals surface area (Å²) in [6, 6.07) is 0. The third-order valence-electron chi connectivity index (χ3n) is 3.57. The first-order valence-corrected chi connectivity index (χ1v) is 7.44. The highest BCUT2D eigenvalue weighted by Crippen LogP contribution is 2.20. The Morgan fingerprint density at radius 1 is 1.42 bits per heavy atom. The number of hydrazine groups is 1. The minimum atomic E-state index is -0.404. The second kappa shape index (κ2) is 9.28. The van der Waals surface area contributed by atoms with Crippen LogP contribution >= 0.6 is 0 Å². The number of unbranched alkanes of at least 4 members (excludes halogenated alkanes) is 3. The smallest absolute Gasteiger partial charge is 0.263 e. The van der Waals surface area contributed by atoms with Gasteiger partial charge in [0, 0.05) is 0 Å². The van der Waals surface area contributed by atoms with Crippen molar-refractivity contribution in [2.45, 2.75) is 77.1 Å². The molecule has 0 aromatic rings. The highest BCUT2D eigenvalue weighted by Gasteiger charge is 2.30. The molecule has 1 heterocycles. The van der Waals surface area contributed by atoms with E-state index in [2.05, 4.69) is 19.3 Å². The lowest BCUT2D eigenvalue weighted by atomic mass is 10.1. The van der Waals surface area contributed by atoms with Crippen LogP contribution in [0.4, 0.5) is 0 Å². The summed E-state index contributed by atoms with van der Waals surface area (Å²) in [5, 5.41) is 0. The molecule has 1 rings (SSSR count). The lowest BCUT2D eigenvalue weighted by Gasteiger charge is -2.17. The Bertz CT molecular complexity index is 261. The van der Waals surface area contributed by atoms with Crippen molar-refractivity contribution < 1.29 is 14.3 Å². The Labute approximate surface area is 116 Å². The van der Waals surface area contributed by atoms with E-state index in [1.54, 1.807) is 0 Å². The Kier molecular flexibility index (Phi) is 8.02. The summed E-state index contributed by atoms with van der Waals surface area (Å²) in [6.07, 6.45) is 7.63. The molecule has 112 valence electrons. The maximum absolute atomic E-state index is 11.3. The van der Waals surface area contributed by atoms with E-state index in [-0.39, 0.29) is 18.1 Å². The highest BCUT2D eigenvalue weighted by atomic mass is 16.5. The molecule has 0 aromatic carbocycles. The lowest BCUT2D eigenvalue weighted by molar-refractivity contribution is -0.133. The van der Waals surface area contributed by atoms with Gasteiger partial charge >= 0.3 is 0 Å². The van der Waals surface area contributed by atoms with Gasteiger partial charge in [0.15, 0.2) is 0 Å². The van der Waals surface area contributed by atoms with Crippen LogP contribution in [0.5, 0.6) is 0 Å². The van der Waals surface area contributed by atoms with E-state index in [9.17, 15) is 4.79 Å². The Balaban J connectivity index is 2.08. The number of ether oxygens (including phenoxy) is 2. The zero-order valence-electron chi connectivity index (χ0n) is 12.2. The number of nitrogens with two attached hydrogens (primary N) is 1. The van der Waals surface area contributed by atoms with Crippen molar-refractivity contribution in [3.05, 3.63) is 0 Å². The number of hydrogen-bond donors (Lipinski definition) is 2. The van der Waals surface area contributed by atoms with Crippen molar-refractivity contribution in [1.82, 2.24) is 5.43 Å². The normalized spacial score (nSPS) is 24.4. The predicted molar refractivity (Wildman–Crippen MR) is 74.4 cm³/mol. The summed E-state index contributed by atoms with van der Waals surface area (Å²) >= 11 is 0. The molecule has 1 aliphatic rings. The van der Waals surface area contributed by atoms with Gasteiger partial charge in [-0.2, -0.15) is 0 Å². The fourth-order valence-corrected chi connectivity index (χ4v) is 2.33. The van der Waals surface area contributed by atoms with Gasteiger partial charge in [0.05, 0.1) is 18.8 Å². The van der Waals surface area contributed by atoms with E-state index >= 15 is 0 Å². The summed E-state index contributed by atoms with van der Waals surface area (Å²) in [7, 11) is 0. The quantitative estimate of drug-likeness (QED) is 0.291. The van der Waals surface area contributed by atoms with Gasteiger partial charge in [-0.05, 0) is 26.2 Å². The molecule has 0 saturated carbocycles. The molecule has 1 saturated heterocycles. The molecule has 0 aromatic heterocycles. The molecule has 0 spiro atoms. The average Bonchev–Trinajstić information content (AvgIpc) is 2.89. The molecule has 19 heavy (non-hydrogen) atoms. The second-order valence-corrected chi connectivity index (χ2v) is 5.33. The van der Waals surface area contributed by atoms with Crippen LogP contribution in [0.25, 0.3) is 0 Å². The van der Waals surface area contributed by atoms with E-state index in [0.29, 0.717) is 6.61 Å². The molecule has 3 atom stereocenters. The van der Waals surface area contributed by atoms with Crippen LogP contribution in [0.1, 0.15) is 58.8 Å². The molecule has 1 fully saturated rings. The van der Waals surface area contributed by atoms with Crippen molar-refractivity contribution in [2.75, 3.05) is 6.61 Å². The minimum absolute atomic E-state index is 0.0281. The third kappa shape index (κ3) is 6.36. The molecule has 1 aliphatic heterocycles. The topological polar surface area (TPSA) is 73.6 Å². The van der Waals surface area contributed by atoms with E-state index < -0.39 is 6.10 Å². The van der Waals surface area contributed by atoms with Crippen LogP contribution in [0, 0.1) is 0 Å². The summed E-state index contributed by atoms with van der Waals surface area (Å²) < 4.78 is 11.4. The molecule has 3 unspecified atom stereocenters. The second-order valence-electron chi connectivity index (χ2n) is 5.33. The Morgan fingerprint density at radius 2 is 2.21 bits per heavy atom.